The third-order valence-electron chi connectivity index (χ3n) is 2.54. The third kappa shape index (κ3) is 2.23. The molecule has 0 aliphatic heterocycles. The standard InChI is InChI=1S/C12H8N4O2S/c17-12(18)8-4-13-5-14-11(8)16-7-1-2-9-10(3-7)19-6-15-9/h1-6H,(H,17,18)(H,13,14,16). The maximum Gasteiger partial charge on any atom is 0.341 e. The van der Waals surface area contributed by atoms with E-state index in [1.165, 1.54) is 23.9 Å². The predicted octanol–water partition coefficient (Wildman–Crippen LogP) is 2.53. The van der Waals surface area contributed by atoms with Crippen molar-refractivity contribution < 1.29 is 9.90 Å². The highest BCUT2D eigenvalue weighted by Crippen LogP contribution is 2.24. The summed E-state index contributed by atoms with van der Waals surface area (Å²) in [5.41, 5.74) is 3.48. The van der Waals surface area contributed by atoms with E-state index in [2.05, 4.69) is 20.3 Å². The average Bonchev–Trinajstić information content (AvgIpc) is 2.86. The number of aromatic nitrogens is 3. The number of carboxylic acid groups (broad SMARTS) is 1. The summed E-state index contributed by atoms with van der Waals surface area (Å²) in [5.74, 6) is -0.798. The van der Waals surface area contributed by atoms with Crippen LogP contribution in [0.25, 0.3) is 10.2 Å². The second kappa shape index (κ2) is 4.62. The Labute approximate surface area is 111 Å². The molecule has 0 radical (unpaired) electrons. The highest BCUT2D eigenvalue weighted by molar-refractivity contribution is 7.16. The molecule has 94 valence electrons. The van der Waals surface area contributed by atoms with E-state index in [1.807, 2.05) is 18.2 Å². The Hall–Kier alpha value is -2.54. The van der Waals surface area contributed by atoms with Crippen LogP contribution in [0.4, 0.5) is 11.5 Å². The molecule has 3 aromatic rings. The third-order valence-corrected chi connectivity index (χ3v) is 3.33. The van der Waals surface area contributed by atoms with Crippen molar-refractivity contribution >= 4 is 39.0 Å². The first-order valence-corrected chi connectivity index (χ1v) is 6.25. The van der Waals surface area contributed by atoms with E-state index >= 15 is 0 Å². The van der Waals surface area contributed by atoms with Gasteiger partial charge in [0, 0.05) is 11.9 Å². The number of hydrogen-bond donors (Lipinski definition) is 2. The molecule has 1 aromatic carbocycles. The lowest BCUT2D eigenvalue weighted by Gasteiger charge is -2.07. The van der Waals surface area contributed by atoms with Gasteiger partial charge in [-0.1, -0.05) is 0 Å². The van der Waals surface area contributed by atoms with Gasteiger partial charge in [0.1, 0.15) is 17.7 Å². The lowest BCUT2D eigenvalue weighted by Crippen LogP contribution is -2.05. The summed E-state index contributed by atoms with van der Waals surface area (Å²) >= 11 is 1.52. The molecule has 2 aromatic heterocycles. The van der Waals surface area contributed by atoms with Crippen molar-refractivity contribution in [1.29, 1.82) is 0 Å². The quantitative estimate of drug-likeness (QED) is 0.761. The van der Waals surface area contributed by atoms with Gasteiger partial charge in [0.15, 0.2) is 0 Å². The summed E-state index contributed by atoms with van der Waals surface area (Å²) in [6, 6.07) is 5.60. The number of rotatable bonds is 3. The van der Waals surface area contributed by atoms with Crippen LogP contribution in [0.1, 0.15) is 10.4 Å². The van der Waals surface area contributed by atoms with E-state index < -0.39 is 5.97 Å². The topological polar surface area (TPSA) is 88.0 Å². The van der Waals surface area contributed by atoms with Crippen LogP contribution in [0.5, 0.6) is 0 Å². The summed E-state index contributed by atoms with van der Waals surface area (Å²) in [4.78, 5) is 22.9. The smallest absolute Gasteiger partial charge is 0.341 e. The summed E-state index contributed by atoms with van der Waals surface area (Å²) < 4.78 is 1.02. The van der Waals surface area contributed by atoms with Gasteiger partial charge in [0.25, 0.3) is 0 Å². The molecule has 3 rings (SSSR count). The average molecular weight is 272 g/mol. The molecule has 0 amide bonds. The first-order valence-electron chi connectivity index (χ1n) is 5.37. The van der Waals surface area contributed by atoms with Gasteiger partial charge in [0.2, 0.25) is 0 Å². The number of hydrogen-bond acceptors (Lipinski definition) is 6. The minimum Gasteiger partial charge on any atom is -0.477 e. The van der Waals surface area contributed by atoms with E-state index in [0.29, 0.717) is 0 Å². The Bertz CT molecular complexity index is 756. The Morgan fingerprint density at radius 3 is 3.05 bits per heavy atom. The van der Waals surface area contributed by atoms with E-state index in [4.69, 9.17) is 5.11 Å². The number of benzene rings is 1. The summed E-state index contributed by atoms with van der Waals surface area (Å²) in [6.07, 6.45) is 2.57. The Morgan fingerprint density at radius 1 is 1.32 bits per heavy atom. The number of thiazole rings is 1. The molecule has 0 fully saturated rings. The number of nitrogens with zero attached hydrogens (tertiary/aromatic N) is 3. The maximum absolute atomic E-state index is 11.1. The van der Waals surface area contributed by atoms with Crippen molar-refractivity contribution in [3.63, 3.8) is 0 Å². The minimum absolute atomic E-state index is 0.0342. The molecular formula is C12H8N4O2S. The minimum atomic E-state index is -1.07. The van der Waals surface area contributed by atoms with Crippen LogP contribution in [0.2, 0.25) is 0 Å². The highest BCUT2D eigenvalue weighted by Gasteiger charge is 2.11. The SMILES string of the molecule is O=C(O)c1cncnc1Nc1ccc2ncsc2c1. The predicted molar refractivity (Wildman–Crippen MR) is 71.9 cm³/mol. The fourth-order valence-electron chi connectivity index (χ4n) is 1.66. The second-order valence-corrected chi connectivity index (χ2v) is 4.64. The van der Waals surface area contributed by atoms with Crippen molar-refractivity contribution in [3.8, 4) is 0 Å². The fraction of sp³-hybridized carbons (Fsp3) is 0. The molecule has 0 atom stereocenters. The molecule has 2 heterocycles. The fourth-order valence-corrected chi connectivity index (χ4v) is 2.37. The molecule has 0 unspecified atom stereocenters. The van der Waals surface area contributed by atoms with Gasteiger partial charge in [-0.2, -0.15) is 0 Å². The van der Waals surface area contributed by atoms with Crippen LogP contribution in [-0.4, -0.2) is 26.0 Å². The number of anilines is 2. The molecule has 0 saturated heterocycles. The first-order chi connectivity index (χ1) is 9.24. The Kier molecular flexibility index (Phi) is 2.81. The number of carboxylic acids is 1. The van der Waals surface area contributed by atoms with Gasteiger partial charge in [-0.25, -0.2) is 19.7 Å². The molecular weight excluding hydrogens is 264 g/mol. The summed E-state index contributed by atoms with van der Waals surface area (Å²) in [6.45, 7) is 0. The van der Waals surface area contributed by atoms with E-state index in [1.54, 1.807) is 5.51 Å². The molecule has 0 aliphatic carbocycles. The normalized spacial score (nSPS) is 10.5. The van der Waals surface area contributed by atoms with Crippen LogP contribution in [0.3, 0.4) is 0 Å². The summed E-state index contributed by atoms with van der Waals surface area (Å²) in [7, 11) is 0. The van der Waals surface area contributed by atoms with Crippen molar-refractivity contribution in [2.75, 3.05) is 5.32 Å². The lowest BCUT2D eigenvalue weighted by atomic mass is 10.2. The van der Waals surface area contributed by atoms with Crippen LogP contribution in [0, 0.1) is 0 Å². The van der Waals surface area contributed by atoms with Crippen molar-refractivity contribution in [2.24, 2.45) is 0 Å². The van der Waals surface area contributed by atoms with Crippen molar-refractivity contribution in [1.82, 2.24) is 15.0 Å². The van der Waals surface area contributed by atoms with Gasteiger partial charge >= 0.3 is 5.97 Å². The molecule has 0 saturated carbocycles. The highest BCUT2D eigenvalue weighted by atomic mass is 32.1. The van der Waals surface area contributed by atoms with E-state index in [9.17, 15) is 4.79 Å². The number of aromatic carboxylic acids is 1. The zero-order valence-corrected chi connectivity index (χ0v) is 10.4. The monoisotopic (exact) mass is 272 g/mol. The van der Waals surface area contributed by atoms with Crippen LogP contribution >= 0.6 is 11.3 Å². The molecule has 2 N–H and O–H groups in total. The first kappa shape index (κ1) is 11.5. The largest absolute Gasteiger partial charge is 0.477 e. The molecule has 19 heavy (non-hydrogen) atoms. The maximum atomic E-state index is 11.1. The van der Waals surface area contributed by atoms with Crippen molar-refractivity contribution in [3.05, 3.63) is 41.8 Å². The Balaban J connectivity index is 1.98. The van der Waals surface area contributed by atoms with Gasteiger partial charge in [-0.3, -0.25) is 0 Å². The van der Waals surface area contributed by atoms with Gasteiger partial charge in [0.05, 0.1) is 15.7 Å². The van der Waals surface area contributed by atoms with Gasteiger partial charge < -0.3 is 10.4 Å². The molecule has 6 nitrogen and oxygen atoms in total. The molecule has 0 aliphatic rings. The van der Waals surface area contributed by atoms with Gasteiger partial charge in [-0.05, 0) is 18.2 Å². The van der Waals surface area contributed by atoms with Crippen LogP contribution in [-0.2, 0) is 0 Å². The zero-order chi connectivity index (χ0) is 13.2. The number of carbonyl (C=O) groups is 1. The Morgan fingerprint density at radius 2 is 2.21 bits per heavy atom. The zero-order valence-electron chi connectivity index (χ0n) is 9.57. The molecule has 0 bridgehead atoms. The van der Waals surface area contributed by atoms with Crippen molar-refractivity contribution in [2.45, 2.75) is 0 Å². The number of fused-ring (bicyclic) bond motifs is 1. The second-order valence-electron chi connectivity index (χ2n) is 3.75. The molecule has 0 spiro atoms. The van der Waals surface area contributed by atoms with E-state index in [-0.39, 0.29) is 11.4 Å². The van der Waals surface area contributed by atoms with E-state index in [0.717, 1.165) is 15.9 Å². The number of nitrogens with one attached hydrogen (secondary N) is 1. The molecule has 7 heteroatoms. The van der Waals surface area contributed by atoms with Crippen LogP contribution in [0.15, 0.2) is 36.2 Å². The summed E-state index contributed by atoms with van der Waals surface area (Å²) in [5, 5.41) is 12.0. The van der Waals surface area contributed by atoms with Gasteiger partial charge in [-0.15, -0.1) is 11.3 Å². The lowest BCUT2D eigenvalue weighted by molar-refractivity contribution is 0.0697. The van der Waals surface area contributed by atoms with Crippen LogP contribution < -0.4 is 5.32 Å².